The number of methoxy groups -OCH3 is 1. The van der Waals surface area contributed by atoms with Crippen LogP contribution in [0.2, 0.25) is 0 Å². The van der Waals surface area contributed by atoms with Gasteiger partial charge in [-0.05, 0) is 42.2 Å². The lowest BCUT2D eigenvalue weighted by Gasteiger charge is -2.21. The maximum atomic E-state index is 13.0. The quantitative estimate of drug-likeness (QED) is 0.739. The third-order valence-corrected chi connectivity index (χ3v) is 4.85. The van der Waals surface area contributed by atoms with E-state index in [1.54, 1.807) is 19.5 Å². The average Bonchev–Trinajstić information content (AvgIpc) is 3.17. The van der Waals surface area contributed by atoms with Gasteiger partial charge in [0, 0.05) is 19.4 Å². The number of benzene rings is 1. The second-order valence-electron chi connectivity index (χ2n) is 6.71. The monoisotopic (exact) mass is 378 g/mol. The van der Waals surface area contributed by atoms with Crippen molar-refractivity contribution in [3.63, 3.8) is 0 Å². The SMILES string of the molecule is COc1cccc(C(NC(=O)c2cc3c(cn2)OCCC3)c2nccn2C)c1. The minimum atomic E-state index is -0.434. The molecule has 1 aliphatic heterocycles. The first-order valence-corrected chi connectivity index (χ1v) is 9.19. The number of nitrogens with one attached hydrogen (secondary N) is 1. The van der Waals surface area contributed by atoms with E-state index >= 15 is 0 Å². The van der Waals surface area contributed by atoms with Crippen molar-refractivity contribution in [1.29, 1.82) is 0 Å². The van der Waals surface area contributed by atoms with Crippen molar-refractivity contribution < 1.29 is 14.3 Å². The van der Waals surface area contributed by atoms with Crippen molar-refractivity contribution in [3.8, 4) is 11.5 Å². The van der Waals surface area contributed by atoms with Crippen molar-refractivity contribution in [2.75, 3.05) is 13.7 Å². The number of nitrogens with zero attached hydrogens (tertiary/aromatic N) is 3. The van der Waals surface area contributed by atoms with Gasteiger partial charge in [0.15, 0.2) is 0 Å². The Labute approximate surface area is 163 Å². The van der Waals surface area contributed by atoms with Crippen molar-refractivity contribution in [1.82, 2.24) is 19.9 Å². The molecule has 7 heteroatoms. The Morgan fingerprint density at radius 2 is 2.21 bits per heavy atom. The van der Waals surface area contributed by atoms with Crippen LogP contribution in [0.5, 0.6) is 11.5 Å². The second-order valence-corrected chi connectivity index (χ2v) is 6.71. The molecule has 0 saturated heterocycles. The molecule has 3 heterocycles. The Bertz CT molecular complexity index is 999. The van der Waals surface area contributed by atoms with Gasteiger partial charge in [-0.3, -0.25) is 4.79 Å². The van der Waals surface area contributed by atoms with Gasteiger partial charge in [-0.1, -0.05) is 12.1 Å². The third-order valence-electron chi connectivity index (χ3n) is 4.85. The Hall–Kier alpha value is -3.35. The standard InChI is InChI=1S/C21H22N4O3/c1-25-9-8-22-20(25)19(15-5-3-7-16(11-15)27-2)24-21(26)17-12-14-6-4-10-28-18(14)13-23-17/h3,5,7-9,11-13,19H,4,6,10H2,1-2H3,(H,24,26). The zero-order valence-electron chi connectivity index (χ0n) is 15.9. The lowest BCUT2D eigenvalue weighted by molar-refractivity contribution is 0.0935. The number of aryl methyl sites for hydroxylation is 2. The number of rotatable bonds is 5. The first-order chi connectivity index (χ1) is 13.7. The number of carbonyl (C=O) groups is 1. The molecule has 0 fully saturated rings. The maximum Gasteiger partial charge on any atom is 0.270 e. The number of ether oxygens (including phenoxy) is 2. The fourth-order valence-corrected chi connectivity index (χ4v) is 3.36. The zero-order chi connectivity index (χ0) is 19.5. The Morgan fingerprint density at radius 3 is 3.00 bits per heavy atom. The fourth-order valence-electron chi connectivity index (χ4n) is 3.36. The topological polar surface area (TPSA) is 78.3 Å². The smallest absolute Gasteiger partial charge is 0.270 e. The normalized spacial score (nSPS) is 13.9. The Kier molecular flexibility index (Phi) is 4.97. The van der Waals surface area contributed by atoms with Gasteiger partial charge in [-0.15, -0.1) is 0 Å². The Balaban J connectivity index is 1.66. The number of aromatic nitrogens is 3. The van der Waals surface area contributed by atoms with Crippen molar-refractivity contribution in [3.05, 3.63) is 71.6 Å². The molecule has 1 aliphatic rings. The van der Waals surface area contributed by atoms with Gasteiger partial charge >= 0.3 is 0 Å². The molecule has 0 bridgehead atoms. The van der Waals surface area contributed by atoms with Crippen LogP contribution >= 0.6 is 0 Å². The summed E-state index contributed by atoms with van der Waals surface area (Å²) < 4.78 is 12.8. The summed E-state index contributed by atoms with van der Waals surface area (Å²) in [5, 5.41) is 3.07. The van der Waals surface area contributed by atoms with Crippen LogP contribution in [0.4, 0.5) is 0 Å². The van der Waals surface area contributed by atoms with Crippen LogP contribution in [0.1, 0.15) is 39.9 Å². The van der Waals surface area contributed by atoms with Crippen LogP contribution in [0, 0.1) is 0 Å². The number of amides is 1. The van der Waals surface area contributed by atoms with Crippen molar-refractivity contribution in [2.24, 2.45) is 7.05 Å². The van der Waals surface area contributed by atoms with E-state index in [0.29, 0.717) is 12.3 Å². The van der Waals surface area contributed by atoms with E-state index in [1.165, 1.54) is 0 Å². The van der Waals surface area contributed by atoms with Gasteiger partial charge in [0.05, 0.1) is 19.9 Å². The molecule has 0 aliphatic carbocycles. The highest BCUT2D eigenvalue weighted by molar-refractivity contribution is 5.93. The third kappa shape index (κ3) is 3.55. The summed E-state index contributed by atoms with van der Waals surface area (Å²) >= 11 is 0. The summed E-state index contributed by atoms with van der Waals surface area (Å²) in [7, 11) is 3.52. The van der Waals surface area contributed by atoms with Crippen LogP contribution in [0.25, 0.3) is 0 Å². The van der Waals surface area contributed by atoms with Gasteiger partial charge in [-0.2, -0.15) is 0 Å². The maximum absolute atomic E-state index is 13.0. The number of pyridine rings is 1. The first kappa shape index (κ1) is 18.0. The first-order valence-electron chi connectivity index (χ1n) is 9.19. The molecule has 28 heavy (non-hydrogen) atoms. The summed E-state index contributed by atoms with van der Waals surface area (Å²) in [6.45, 7) is 0.692. The number of hydrogen-bond donors (Lipinski definition) is 1. The van der Waals surface area contributed by atoms with Gasteiger partial charge in [0.2, 0.25) is 0 Å². The molecule has 0 radical (unpaired) electrons. The van der Waals surface area contributed by atoms with Crippen LogP contribution in [0.3, 0.4) is 0 Å². The van der Waals surface area contributed by atoms with E-state index in [1.807, 2.05) is 48.1 Å². The number of hydrogen-bond acceptors (Lipinski definition) is 5. The molecule has 2 aromatic heterocycles. The van der Waals surface area contributed by atoms with E-state index in [9.17, 15) is 4.79 Å². The summed E-state index contributed by atoms with van der Waals surface area (Å²) in [5.74, 6) is 1.94. The lowest BCUT2D eigenvalue weighted by Crippen LogP contribution is -2.32. The molecular weight excluding hydrogens is 356 g/mol. The number of imidazole rings is 1. The van der Waals surface area contributed by atoms with Gasteiger partial charge in [-0.25, -0.2) is 9.97 Å². The highest BCUT2D eigenvalue weighted by atomic mass is 16.5. The van der Waals surface area contributed by atoms with Gasteiger partial charge in [0.25, 0.3) is 5.91 Å². The van der Waals surface area contributed by atoms with E-state index in [2.05, 4.69) is 15.3 Å². The predicted octanol–water partition coefficient (Wildman–Crippen LogP) is 2.67. The molecular formula is C21H22N4O3. The van der Waals surface area contributed by atoms with Crippen molar-refractivity contribution >= 4 is 5.91 Å². The molecule has 0 saturated carbocycles. The molecule has 1 amide bonds. The van der Waals surface area contributed by atoms with E-state index < -0.39 is 6.04 Å². The van der Waals surface area contributed by atoms with Crippen LogP contribution in [0.15, 0.2) is 48.9 Å². The van der Waals surface area contributed by atoms with Crippen LogP contribution in [-0.4, -0.2) is 34.2 Å². The zero-order valence-corrected chi connectivity index (χ0v) is 15.9. The van der Waals surface area contributed by atoms with E-state index in [0.717, 1.165) is 41.3 Å². The molecule has 1 atom stereocenters. The second kappa shape index (κ2) is 7.72. The van der Waals surface area contributed by atoms with Crippen LogP contribution in [-0.2, 0) is 13.5 Å². The molecule has 1 unspecified atom stereocenters. The fraction of sp³-hybridized carbons (Fsp3) is 0.286. The van der Waals surface area contributed by atoms with Crippen molar-refractivity contribution in [2.45, 2.75) is 18.9 Å². The molecule has 3 aromatic rings. The predicted molar refractivity (Wildman–Crippen MR) is 104 cm³/mol. The number of carbonyl (C=O) groups excluding carboxylic acids is 1. The highest BCUT2D eigenvalue weighted by Crippen LogP contribution is 2.26. The van der Waals surface area contributed by atoms with Gasteiger partial charge in [0.1, 0.15) is 29.1 Å². The van der Waals surface area contributed by atoms with Gasteiger partial charge < -0.3 is 19.4 Å². The Morgan fingerprint density at radius 1 is 1.32 bits per heavy atom. The molecule has 144 valence electrons. The van der Waals surface area contributed by atoms with E-state index in [-0.39, 0.29) is 5.91 Å². The summed E-state index contributed by atoms with van der Waals surface area (Å²) in [4.78, 5) is 21.7. The van der Waals surface area contributed by atoms with E-state index in [4.69, 9.17) is 9.47 Å². The largest absolute Gasteiger partial charge is 0.497 e. The molecule has 1 N–H and O–H groups in total. The molecule has 7 nitrogen and oxygen atoms in total. The molecule has 4 rings (SSSR count). The number of fused-ring (bicyclic) bond motifs is 1. The molecule has 1 aromatic carbocycles. The summed E-state index contributed by atoms with van der Waals surface area (Å²) in [5.41, 5.74) is 2.26. The summed E-state index contributed by atoms with van der Waals surface area (Å²) in [6.07, 6.45) is 7.02. The minimum Gasteiger partial charge on any atom is -0.497 e. The van der Waals surface area contributed by atoms with Crippen LogP contribution < -0.4 is 14.8 Å². The summed E-state index contributed by atoms with van der Waals surface area (Å²) in [6, 6.07) is 8.97. The highest BCUT2D eigenvalue weighted by Gasteiger charge is 2.23. The minimum absolute atomic E-state index is 0.260. The molecule has 0 spiro atoms. The lowest BCUT2D eigenvalue weighted by atomic mass is 10.0. The average molecular weight is 378 g/mol.